The monoisotopic (exact) mass is 276 g/mol. The van der Waals surface area contributed by atoms with Gasteiger partial charge < -0.3 is 5.32 Å². The molecule has 3 rings (SSSR count). The van der Waals surface area contributed by atoms with Gasteiger partial charge in [-0.25, -0.2) is 4.98 Å². The van der Waals surface area contributed by atoms with Crippen LogP contribution in [0.5, 0.6) is 0 Å². The number of benzene rings is 1. The summed E-state index contributed by atoms with van der Waals surface area (Å²) in [4.78, 5) is 4.00. The minimum Gasteiger partial charge on any atom is -0.377 e. The maximum atomic E-state index is 5.91. The van der Waals surface area contributed by atoms with Gasteiger partial charge in [-0.15, -0.1) is 0 Å². The van der Waals surface area contributed by atoms with Gasteiger partial charge in [0.2, 0.25) is 0 Å². The molecule has 0 spiro atoms. The number of halogens is 1. The van der Waals surface area contributed by atoms with Crippen molar-refractivity contribution in [1.82, 2.24) is 4.98 Å². The fraction of sp³-hybridized carbons (Fsp3) is 0.214. The highest BCUT2D eigenvalue weighted by molar-refractivity contribution is 7.98. The Hall–Kier alpha value is -1.19. The van der Waals surface area contributed by atoms with Crippen molar-refractivity contribution in [1.29, 1.82) is 0 Å². The molecule has 2 aromatic rings. The van der Waals surface area contributed by atoms with Gasteiger partial charge in [0.1, 0.15) is 5.15 Å². The largest absolute Gasteiger partial charge is 0.377 e. The summed E-state index contributed by atoms with van der Waals surface area (Å²) in [5.41, 5.74) is 3.84. The SMILES string of the molecule is Clc1cc(NC2CSCc3ccccc32)ccn1. The molecule has 4 heteroatoms. The number of hydrogen-bond donors (Lipinski definition) is 1. The molecule has 0 saturated carbocycles. The van der Waals surface area contributed by atoms with Crippen molar-refractivity contribution in [3.8, 4) is 0 Å². The van der Waals surface area contributed by atoms with Crippen molar-refractivity contribution >= 4 is 29.1 Å². The summed E-state index contributed by atoms with van der Waals surface area (Å²) in [5.74, 6) is 2.18. The molecule has 0 saturated heterocycles. The Morgan fingerprint density at radius 2 is 2.17 bits per heavy atom. The van der Waals surface area contributed by atoms with Gasteiger partial charge in [-0.05, 0) is 23.3 Å². The molecule has 92 valence electrons. The van der Waals surface area contributed by atoms with Gasteiger partial charge >= 0.3 is 0 Å². The molecule has 1 aromatic carbocycles. The van der Waals surface area contributed by atoms with Gasteiger partial charge in [-0.1, -0.05) is 35.9 Å². The zero-order valence-electron chi connectivity index (χ0n) is 9.77. The Bertz CT molecular complexity index is 559. The van der Waals surface area contributed by atoms with Gasteiger partial charge in [0.25, 0.3) is 0 Å². The zero-order valence-corrected chi connectivity index (χ0v) is 11.3. The molecule has 2 nitrogen and oxygen atoms in total. The Morgan fingerprint density at radius 1 is 1.28 bits per heavy atom. The standard InChI is InChI=1S/C14H13ClN2S/c15-14-7-11(5-6-16-14)17-13-9-18-8-10-3-1-2-4-12(10)13/h1-7,13H,8-9H2,(H,16,17). The lowest BCUT2D eigenvalue weighted by Crippen LogP contribution is -2.18. The zero-order chi connectivity index (χ0) is 12.4. The van der Waals surface area contributed by atoms with Crippen molar-refractivity contribution in [2.75, 3.05) is 11.1 Å². The molecule has 1 aliphatic rings. The van der Waals surface area contributed by atoms with Crippen molar-refractivity contribution in [3.05, 3.63) is 58.9 Å². The first kappa shape index (κ1) is 11.9. The number of nitrogens with one attached hydrogen (secondary N) is 1. The first-order valence-corrected chi connectivity index (χ1v) is 7.40. The second-order valence-electron chi connectivity index (χ2n) is 4.28. The highest BCUT2D eigenvalue weighted by Crippen LogP contribution is 2.33. The van der Waals surface area contributed by atoms with Crippen LogP contribution >= 0.6 is 23.4 Å². The Morgan fingerprint density at radius 3 is 3.06 bits per heavy atom. The van der Waals surface area contributed by atoms with E-state index in [2.05, 4.69) is 34.6 Å². The van der Waals surface area contributed by atoms with Crippen LogP contribution in [-0.4, -0.2) is 10.7 Å². The summed E-state index contributed by atoms with van der Waals surface area (Å²) in [5, 5.41) is 4.06. The van der Waals surface area contributed by atoms with Crippen LogP contribution in [-0.2, 0) is 5.75 Å². The third-order valence-electron chi connectivity index (χ3n) is 3.04. The topological polar surface area (TPSA) is 24.9 Å². The molecule has 0 amide bonds. The molecule has 1 atom stereocenters. The second kappa shape index (κ2) is 5.21. The van der Waals surface area contributed by atoms with Gasteiger partial charge in [0.15, 0.2) is 0 Å². The van der Waals surface area contributed by atoms with Crippen LogP contribution in [0.2, 0.25) is 5.15 Å². The molecule has 1 aliphatic heterocycles. The van der Waals surface area contributed by atoms with Gasteiger partial charge in [0, 0.05) is 23.4 Å². The molecule has 0 radical (unpaired) electrons. The van der Waals surface area contributed by atoms with E-state index >= 15 is 0 Å². The minimum absolute atomic E-state index is 0.346. The van der Waals surface area contributed by atoms with Crippen LogP contribution in [0.4, 0.5) is 5.69 Å². The minimum atomic E-state index is 0.346. The number of rotatable bonds is 2. The highest BCUT2D eigenvalue weighted by atomic mass is 35.5. The fourth-order valence-corrected chi connectivity index (χ4v) is 3.47. The maximum Gasteiger partial charge on any atom is 0.131 e. The maximum absolute atomic E-state index is 5.91. The van der Waals surface area contributed by atoms with Crippen LogP contribution < -0.4 is 5.32 Å². The lowest BCUT2D eigenvalue weighted by atomic mass is 10.0. The molecular formula is C14H13ClN2S. The van der Waals surface area contributed by atoms with Gasteiger partial charge in [-0.3, -0.25) is 0 Å². The summed E-state index contributed by atoms with van der Waals surface area (Å²) in [6, 6.07) is 12.8. The Kier molecular flexibility index (Phi) is 3.43. The molecule has 0 aliphatic carbocycles. The van der Waals surface area contributed by atoms with Crippen LogP contribution in [0.15, 0.2) is 42.6 Å². The van der Waals surface area contributed by atoms with E-state index in [-0.39, 0.29) is 0 Å². The third kappa shape index (κ3) is 2.47. The predicted molar refractivity (Wildman–Crippen MR) is 78.2 cm³/mol. The van der Waals surface area contributed by atoms with Crippen molar-refractivity contribution < 1.29 is 0 Å². The fourth-order valence-electron chi connectivity index (χ4n) is 2.19. The second-order valence-corrected chi connectivity index (χ2v) is 5.70. The van der Waals surface area contributed by atoms with Gasteiger partial charge in [0.05, 0.1) is 6.04 Å². The molecule has 1 unspecified atom stereocenters. The van der Waals surface area contributed by atoms with E-state index in [9.17, 15) is 0 Å². The van der Waals surface area contributed by atoms with E-state index in [1.54, 1.807) is 6.20 Å². The van der Waals surface area contributed by atoms with Crippen LogP contribution in [0.25, 0.3) is 0 Å². The van der Waals surface area contributed by atoms with Crippen molar-refractivity contribution in [3.63, 3.8) is 0 Å². The number of anilines is 1. The van der Waals surface area contributed by atoms with E-state index in [1.165, 1.54) is 11.1 Å². The van der Waals surface area contributed by atoms with E-state index in [1.807, 2.05) is 23.9 Å². The first-order valence-electron chi connectivity index (χ1n) is 5.86. The van der Waals surface area contributed by atoms with Crippen LogP contribution in [0.1, 0.15) is 17.2 Å². The van der Waals surface area contributed by atoms with E-state index in [4.69, 9.17) is 11.6 Å². The smallest absolute Gasteiger partial charge is 0.131 e. The number of thioether (sulfide) groups is 1. The van der Waals surface area contributed by atoms with Gasteiger partial charge in [-0.2, -0.15) is 11.8 Å². The predicted octanol–water partition coefficient (Wildman–Crippen LogP) is 4.14. The number of fused-ring (bicyclic) bond motifs is 1. The van der Waals surface area contributed by atoms with E-state index < -0.39 is 0 Å². The normalized spacial score (nSPS) is 18.2. The lowest BCUT2D eigenvalue weighted by molar-refractivity contribution is 0.870. The average molecular weight is 277 g/mol. The van der Waals surface area contributed by atoms with E-state index in [0.717, 1.165) is 17.2 Å². The molecule has 0 bridgehead atoms. The highest BCUT2D eigenvalue weighted by Gasteiger charge is 2.19. The average Bonchev–Trinajstić information content (AvgIpc) is 2.39. The molecule has 2 heterocycles. The molecular weight excluding hydrogens is 264 g/mol. The molecule has 1 N–H and O–H groups in total. The molecule has 1 aromatic heterocycles. The van der Waals surface area contributed by atoms with Crippen molar-refractivity contribution in [2.24, 2.45) is 0 Å². The Labute approximate surface area is 116 Å². The van der Waals surface area contributed by atoms with E-state index in [0.29, 0.717) is 11.2 Å². The number of pyridine rings is 1. The summed E-state index contributed by atoms with van der Waals surface area (Å²) >= 11 is 7.86. The third-order valence-corrected chi connectivity index (χ3v) is 4.33. The lowest BCUT2D eigenvalue weighted by Gasteiger charge is -2.26. The molecule has 0 fully saturated rings. The summed E-state index contributed by atoms with van der Waals surface area (Å²) < 4.78 is 0. The number of nitrogens with zero attached hydrogens (tertiary/aromatic N) is 1. The van der Waals surface area contributed by atoms with Crippen LogP contribution in [0, 0.1) is 0 Å². The Balaban J connectivity index is 1.86. The number of aromatic nitrogens is 1. The first-order chi connectivity index (χ1) is 8.83. The molecule has 18 heavy (non-hydrogen) atoms. The summed E-state index contributed by atoms with van der Waals surface area (Å²) in [6.45, 7) is 0. The summed E-state index contributed by atoms with van der Waals surface area (Å²) in [6.07, 6.45) is 1.73. The number of hydrogen-bond acceptors (Lipinski definition) is 3. The summed E-state index contributed by atoms with van der Waals surface area (Å²) in [7, 11) is 0. The quantitative estimate of drug-likeness (QED) is 0.835. The van der Waals surface area contributed by atoms with Crippen molar-refractivity contribution in [2.45, 2.75) is 11.8 Å². The van der Waals surface area contributed by atoms with Crippen LogP contribution in [0.3, 0.4) is 0 Å².